The van der Waals surface area contributed by atoms with Crippen LogP contribution in [-0.4, -0.2) is 11.6 Å². The molecule has 0 N–H and O–H groups in total. The quantitative estimate of drug-likeness (QED) is 0.604. The molecule has 0 aromatic rings. The molecule has 14 heavy (non-hydrogen) atoms. The highest BCUT2D eigenvalue weighted by Crippen LogP contribution is 2.35. The molecule has 0 fully saturated rings. The topological polar surface area (TPSA) is 0 Å². The van der Waals surface area contributed by atoms with Crippen LogP contribution in [0.25, 0.3) is 0 Å². The van der Waals surface area contributed by atoms with E-state index in [0.29, 0.717) is 6.42 Å². The van der Waals surface area contributed by atoms with Gasteiger partial charge >= 0.3 is 0 Å². The summed E-state index contributed by atoms with van der Waals surface area (Å²) in [4.78, 5) is 0. The van der Waals surface area contributed by atoms with Crippen molar-refractivity contribution in [3.05, 3.63) is 0 Å². The average Bonchev–Trinajstić information content (AvgIpc) is 2.09. The molecule has 0 rings (SSSR count). The van der Waals surface area contributed by atoms with Crippen LogP contribution < -0.4 is 0 Å². The predicted molar refractivity (Wildman–Crippen MR) is 57.7 cm³/mol. The highest BCUT2D eigenvalue weighted by atomic mass is 19.3. The molecular formula is C11H25F3. The summed E-state index contributed by atoms with van der Waals surface area (Å²) in [6, 6.07) is 0. The molecule has 0 bridgehead atoms. The van der Waals surface area contributed by atoms with E-state index in [0.717, 1.165) is 13.8 Å². The summed E-state index contributed by atoms with van der Waals surface area (Å²) in [7, 11) is 0. The highest BCUT2D eigenvalue weighted by Gasteiger charge is 2.45. The first-order chi connectivity index (χ1) is 6.31. The lowest BCUT2D eigenvalue weighted by Gasteiger charge is -2.25. The third-order valence-corrected chi connectivity index (χ3v) is 1.43. The van der Waals surface area contributed by atoms with Crippen molar-refractivity contribution in [3.8, 4) is 0 Å². The van der Waals surface area contributed by atoms with Crippen LogP contribution >= 0.6 is 0 Å². The summed E-state index contributed by atoms with van der Waals surface area (Å²) >= 11 is 0. The Morgan fingerprint density at radius 3 is 1.21 bits per heavy atom. The summed E-state index contributed by atoms with van der Waals surface area (Å²) in [5, 5.41) is 0. The van der Waals surface area contributed by atoms with E-state index in [1.54, 1.807) is 6.92 Å². The SMILES string of the molecule is CC.CC.CCCC(F)(F)C(C)(C)F. The molecule has 0 spiro atoms. The monoisotopic (exact) mass is 214 g/mol. The maximum absolute atomic E-state index is 12.6. The van der Waals surface area contributed by atoms with Gasteiger partial charge in [-0.3, -0.25) is 0 Å². The fourth-order valence-electron chi connectivity index (χ4n) is 0.611. The average molecular weight is 214 g/mol. The molecule has 0 atom stereocenters. The van der Waals surface area contributed by atoms with Gasteiger partial charge in [0, 0.05) is 6.42 Å². The molecule has 0 aromatic heterocycles. The van der Waals surface area contributed by atoms with Gasteiger partial charge in [-0.2, -0.15) is 0 Å². The van der Waals surface area contributed by atoms with Gasteiger partial charge in [0.2, 0.25) is 0 Å². The standard InChI is InChI=1S/C7H13F3.2C2H6/c1-4-5-7(9,10)6(2,3)8;2*1-2/h4-5H2,1-3H3;2*1-2H3. The number of alkyl halides is 3. The van der Waals surface area contributed by atoms with Crippen molar-refractivity contribution in [2.75, 3.05) is 0 Å². The van der Waals surface area contributed by atoms with E-state index >= 15 is 0 Å². The maximum atomic E-state index is 12.6. The van der Waals surface area contributed by atoms with Crippen LogP contribution in [0.4, 0.5) is 13.2 Å². The Bertz CT molecular complexity index is 104. The normalized spacial score (nSPS) is 10.7. The molecule has 0 saturated carbocycles. The van der Waals surface area contributed by atoms with Crippen molar-refractivity contribution in [1.29, 1.82) is 0 Å². The van der Waals surface area contributed by atoms with Crippen LogP contribution in [0.15, 0.2) is 0 Å². The summed E-state index contributed by atoms with van der Waals surface area (Å²) in [6.07, 6.45) is -0.0726. The Morgan fingerprint density at radius 2 is 1.14 bits per heavy atom. The zero-order chi connectivity index (χ0) is 12.4. The van der Waals surface area contributed by atoms with Crippen molar-refractivity contribution in [1.82, 2.24) is 0 Å². The molecule has 0 aliphatic carbocycles. The van der Waals surface area contributed by atoms with Crippen molar-refractivity contribution >= 4 is 0 Å². The maximum Gasteiger partial charge on any atom is 0.280 e. The molecule has 3 heteroatoms. The zero-order valence-electron chi connectivity index (χ0n) is 10.5. The molecule has 0 heterocycles. The third kappa shape index (κ3) is 8.39. The smallest absolute Gasteiger partial charge is 0.238 e. The van der Waals surface area contributed by atoms with Gasteiger partial charge in [-0.15, -0.1) is 0 Å². The molecule has 0 aliphatic rings. The Balaban J connectivity index is -0.000000266. The van der Waals surface area contributed by atoms with Crippen molar-refractivity contribution < 1.29 is 13.2 Å². The molecule has 0 radical (unpaired) electrons. The Morgan fingerprint density at radius 1 is 0.857 bits per heavy atom. The summed E-state index contributed by atoms with van der Waals surface area (Å²) < 4.78 is 37.7. The van der Waals surface area contributed by atoms with Gasteiger partial charge < -0.3 is 0 Å². The van der Waals surface area contributed by atoms with E-state index in [9.17, 15) is 13.2 Å². The lowest BCUT2D eigenvalue weighted by atomic mass is 9.99. The van der Waals surface area contributed by atoms with Gasteiger partial charge in [0.15, 0.2) is 5.67 Å². The first-order valence-electron chi connectivity index (χ1n) is 5.38. The van der Waals surface area contributed by atoms with Gasteiger partial charge in [-0.1, -0.05) is 41.0 Å². The number of rotatable bonds is 3. The summed E-state index contributed by atoms with van der Waals surface area (Å²) in [5.41, 5.74) is -2.39. The third-order valence-electron chi connectivity index (χ3n) is 1.43. The first kappa shape index (κ1) is 19.4. The largest absolute Gasteiger partial charge is 0.280 e. The van der Waals surface area contributed by atoms with E-state index in [1.165, 1.54) is 0 Å². The zero-order valence-corrected chi connectivity index (χ0v) is 10.5. The van der Waals surface area contributed by atoms with Crippen LogP contribution in [0.3, 0.4) is 0 Å². The first-order valence-corrected chi connectivity index (χ1v) is 5.38. The van der Waals surface area contributed by atoms with E-state index < -0.39 is 11.6 Å². The molecule has 0 amide bonds. The second-order valence-electron chi connectivity index (χ2n) is 2.93. The summed E-state index contributed by atoms with van der Waals surface area (Å²) in [6.45, 7) is 11.4. The summed E-state index contributed by atoms with van der Waals surface area (Å²) in [5.74, 6) is -3.18. The lowest BCUT2D eigenvalue weighted by Crippen LogP contribution is -2.38. The van der Waals surface area contributed by atoms with Crippen LogP contribution in [0.1, 0.15) is 61.3 Å². The second-order valence-corrected chi connectivity index (χ2v) is 2.93. The van der Waals surface area contributed by atoms with Gasteiger partial charge in [-0.25, -0.2) is 13.2 Å². The van der Waals surface area contributed by atoms with Gasteiger partial charge in [-0.05, 0) is 13.8 Å². The fraction of sp³-hybridized carbons (Fsp3) is 1.00. The lowest BCUT2D eigenvalue weighted by molar-refractivity contribution is -0.125. The minimum atomic E-state index is -3.18. The molecule has 90 valence electrons. The molecule has 0 unspecified atom stereocenters. The van der Waals surface area contributed by atoms with E-state index in [2.05, 4.69) is 0 Å². The van der Waals surface area contributed by atoms with Gasteiger partial charge in [0.25, 0.3) is 5.92 Å². The molecule has 0 saturated heterocycles. The van der Waals surface area contributed by atoms with E-state index in [-0.39, 0.29) is 6.42 Å². The second kappa shape index (κ2) is 9.35. The van der Waals surface area contributed by atoms with Crippen LogP contribution in [0.5, 0.6) is 0 Å². The Hall–Kier alpha value is -0.210. The molecule has 0 aliphatic heterocycles. The van der Waals surface area contributed by atoms with E-state index in [4.69, 9.17) is 0 Å². The number of hydrogen-bond acceptors (Lipinski definition) is 0. The van der Waals surface area contributed by atoms with E-state index in [1.807, 2.05) is 27.7 Å². The fourth-order valence-corrected chi connectivity index (χ4v) is 0.611. The molecule has 0 aromatic carbocycles. The predicted octanol–water partition coefficient (Wildman–Crippen LogP) is 5.22. The van der Waals surface area contributed by atoms with Crippen molar-refractivity contribution in [2.45, 2.75) is 72.9 Å². The minimum Gasteiger partial charge on any atom is -0.238 e. The molecular weight excluding hydrogens is 189 g/mol. The highest BCUT2D eigenvalue weighted by molar-refractivity contribution is 4.84. The minimum absolute atomic E-state index is 0.306. The van der Waals surface area contributed by atoms with Crippen molar-refractivity contribution in [3.63, 3.8) is 0 Å². The number of hydrogen-bond donors (Lipinski definition) is 0. The van der Waals surface area contributed by atoms with Crippen molar-refractivity contribution in [2.24, 2.45) is 0 Å². The molecule has 0 nitrogen and oxygen atoms in total. The Kier molecular flexibility index (Phi) is 12.9. The number of halogens is 3. The Labute approximate surface area is 86.9 Å². The van der Waals surface area contributed by atoms with Gasteiger partial charge in [0.05, 0.1) is 0 Å². The van der Waals surface area contributed by atoms with Gasteiger partial charge in [0.1, 0.15) is 0 Å². The van der Waals surface area contributed by atoms with Crippen LogP contribution in [0.2, 0.25) is 0 Å². The van der Waals surface area contributed by atoms with Crippen LogP contribution in [0, 0.1) is 0 Å². The van der Waals surface area contributed by atoms with Crippen LogP contribution in [-0.2, 0) is 0 Å².